The van der Waals surface area contributed by atoms with Crippen molar-refractivity contribution in [3.05, 3.63) is 24.3 Å². The lowest BCUT2D eigenvalue weighted by Gasteiger charge is -2.31. The predicted molar refractivity (Wildman–Crippen MR) is 87.4 cm³/mol. The van der Waals surface area contributed by atoms with Gasteiger partial charge in [-0.05, 0) is 43.5 Å². The summed E-state index contributed by atoms with van der Waals surface area (Å²) in [6, 6.07) is 5.90. The molecule has 1 aliphatic rings. The number of carboxylic acid groups (broad SMARTS) is 1. The summed E-state index contributed by atoms with van der Waals surface area (Å²) < 4.78 is 29.1. The molecule has 0 saturated heterocycles. The maximum absolute atomic E-state index is 12.9. The quantitative estimate of drug-likeness (QED) is 0.859. The first-order chi connectivity index (χ1) is 10.8. The monoisotopic (exact) mass is 340 g/mol. The third-order valence-corrected chi connectivity index (χ3v) is 7.24. The fraction of sp³-hybridized carbons (Fsp3) is 0.588. The number of hydrogen-bond acceptors (Lipinski definition) is 4. The van der Waals surface area contributed by atoms with Crippen LogP contribution in [0.2, 0.25) is 0 Å². The van der Waals surface area contributed by atoms with Crippen LogP contribution in [0.1, 0.15) is 45.4 Å². The van der Waals surface area contributed by atoms with Crippen molar-refractivity contribution in [1.29, 1.82) is 0 Å². The van der Waals surface area contributed by atoms with Crippen LogP contribution < -0.4 is 4.74 Å². The van der Waals surface area contributed by atoms with Gasteiger partial charge in [0, 0.05) is 0 Å². The molecular formula is C17H24O5S. The van der Waals surface area contributed by atoms with Crippen LogP contribution in [0, 0.1) is 5.92 Å². The number of benzene rings is 1. The largest absolute Gasteiger partial charge is 0.497 e. The topological polar surface area (TPSA) is 80.7 Å². The molecule has 1 saturated carbocycles. The summed E-state index contributed by atoms with van der Waals surface area (Å²) in [6.45, 7) is 1.34. The zero-order chi connectivity index (χ0) is 17.1. The van der Waals surface area contributed by atoms with Gasteiger partial charge < -0.3 is 9.84 Å². The Hall–Kier alpha value is -1.56. The van der Waals surface area contributed by atoms with Crippen LogP contribution in [0.15, 0.2) is 29.2 Å². The molecule has 1 unspecified atom stereocenters. The van der Waals surface area contributed by atoms with Crippen LogP contribution in [0.3, 0.4) is 0 Å². The van der Waals surface area contributed by atoms with Gasteiger partial charge in [0.05, 0.1) is 12.0 Å². The maximum Gasteiger partial charge on any atom is 0.325 e. The van der Waals surface area contributed by atoms with Gasteiger partial charge in [-0.3, -0.25) is 4.79 Å². The Labute approximate surface area is 137 Å². The number of rotatable bonds is 6. The second-order valence-electron chi connectivity index (χ2n) is 6.42. The van der Waals surface area contributed by atoms with Crippen LogP contribution in [0.25, 0.3) is 0 Å². The first kappa shape index (κ1) is 17.8. The molecule has 0 aliphatic heterocycles. The van der Waals surface area contributed by atoms with E-state index in [0.717, 1.165) is 32.1 Å². The van der Waals surface area contributed by atoms with E-state index in [2.05, 4.69) is 0 Å². The molecule has 23 heavy (non-hydrogen) atoms. The van der Waals surface area contributed by atoms with Crippen molar-refractivity contribution in [3.63, 3.8) is 0 Å². The van der Waals surface area contributed by atoms with Crippen molar-refractivity contribution in [2.24, 2.45) is 5.92 Å². The Morgan fingerprint density at radius 3 is 2.26 bits per heavy atom. The van der Waals surface area contributed by atoms with E-state index in [-0.39, 0.29) is 17.2 Å². The molecule has 0 amide bonds. The molecule has 1 fully saturated rings. The molecule has 2 rings (SSSR count). The molecule has 0 radical (unpaired) electrons. The summed E-state index contributed by atoms with van der Waals surface area (Å²) >= 11 is 0. The number of sulfone groups is 1. The normalized spacial score (nSPS) is 19.0. The highest BCUT2D eigenvalue weighted by Crippen LogP contribution is 2.37. The second kappa shape index (κ2) is 6.91. The first-order valence-corrected chi connectivity index (χ1v) is 9.41. The third kappa shape index (κ3) is 3.52. The number of hydrogen-bond donors (Lipinski definition) is 1. The van der Waals surface area contributed by atoms with Crippen molar-refractivity contribution in [2.75, 3.05) is 7.11 Å². The van der Waals surface area contributed by atoms with E-state index in [9.17, 15) is 18.3 Å². The third-order valence-electron chi connectivity index (χ3n) is 4.82. The summed E-state index contributed by atoms with van der Waals surface area (Å²) in [4.78, 5) is 11.9. The predicted octanol–water partition coefficient (Wildman–Crippen LogP) is 3.28. The highest BCUT2D eigenvalue weighted by Gasteiger charge is 2.48. The second-order valence-corrected chi connectivity index (χ2v) is 8.80. The maximum atomic E-state index is 12.9. The molecule has 0 bridgehead atoms. The number of methoxy groups -OCH3 is 1. The Morgan fingerprint density at radius 1 is 1.22 bits per heavy atom. The Morgan fingerprint density at radius 2 is 1.78 bits per heavy atom. The average Bonchev–Trinajstić information content (AvgIpc) is 2.55. The van der Waals surface area contributed by atoms with E-state index in [1.54, 1.807) is 0 Å². The highest BCUT2D eigenvalue weighted by molar-refractivity contribution is 7.93. The summed E-state index contributed by atoms with van der Waals surface area (Å²) in [7, 11) is -2.49. The first-order valence-electron chi connectivity index (χ1n) is 7.93. The minimum absolute atomic E-state index is 0.0269. The van der Waals surface area contributed by atoms with Gasteiger partial charge in [-0.1, -0.05) is 32.1 Å². The van der Waals surface area contributed by atoms with E-state index < -0.39 is 20.6 Å². The highest BCUT2D eigenvalue weighted by atomic mass is 32.2. The number of carbonyl (C=O) groups is 1. The van der Waals surface area contributed by atoms with E-state index in [1.807, 2.05) is 0 Å². The van der Waals surface area contributed by atoms with Crippen molar-refractivity contribution in [3.8, 4) is 5.75 Å². The van der Waals surface area contributed by atoms with E-state index >= 15 is 0 Å². The van der Waals surface area contributed by atoms with Gasteiger partial charge in [-0.2, -0.15) is 0 Å². The van der Waals surface area contributed by atoms with Crippen molar-refractivity contribution in [1.82, 2.24) is 0 Å². The summed E-state index contributed by atoms with van der Waals surface area (Å²) in [6.07, 6.45) is 5.20. The van der Waals surface area contributed by atoms with E-state index in [1.165, 1.54) is 38.3 Å². The lowest BCUT2D eigenvalue weighted by Crippen LogP contribution is -2.45. The minimum atomic E-state index is -3.98. The van der Waals surface area contributed by atoms with Gasteiger partial charge in [-0.15, -0.1) is 0 Å². The molecule has 0 aromatic heterocycles. The van der Waals surface area contributed by atoms with Crippen LogP contribution in [-0.2, 0) is 14.6 Å². The fourth-order valence-electron chi connectivity index (χ4n) is 3.27. The Bertz CT molecular complexity index is 644. The molecule has 1 atom stereocenters. The zero-order valence-electron chi connectivity index (χ0n) is 13.6. The fourth-order valence-corrected chi connectivity index (χ4v) is 4.97. The van der Waals surface area contributed by atoms with E-state index in [4.69, 9.17) is 4.74 Å². The summed E-state index contributed by atoms with van der Waals surface area (Å²) in [5.74, 6) is -0.593. The molecular weight excluding hydrogens is 316 g/mol. The molecule has 5 nitrogen and oxygen atoms in total. The van der Waals surface area contributed by atoms with Crippen molar-refractivity contribution >= 4 is 15.8 Å². The molecule has 1 aromatic rings. The lowest BCUT2D eigenvalue weighted by molar-refractivity contribution is -0.140. The Kier molecular flexibility index (Phi) is 5.34. The number of ether oxygens (including phenoxy) is 1. The summed E-state index contributed by atoms with van der Waals surface area (Å²) in [5.41, 5.74) is 0. The average molecular weight is 340 g/mol. The van der Waals surface area contributed by atoms with Crippen molar-refractivity contribution in [2.45, 2.75) is 55.1 Å². The lowest BCUT2D eigenvalue weighted by atomic mass is 9.83. The standard InChI is InChI=1S/C17H24O5S/c1-17(16(18)19,12-13-6-4-3-5-7-13)23(20,21)15-10-8-14(22-2)9-11-15/h8-11,13H,3-7,12H2,1-2H3,(H,18,19). The van der Waals surface area contributed by atoms with Gasteiger partial charge in [-0.25, -0.2) is 8.42 Å². The zero-order valence-corrected chi connectivity index (χ0v) is 14.4. The number of carboxylic acids is 1. The van der Waals surface area contributed by atoms with Gasteiger partial charge in [0.1, 0.15) is 5.75 Å². The van der Waals surface area contributed by atoms with Crippen LogP contribution in [0.5, 0.6) is 5.75 Å². The smallest absolute Gasteiger partial charge is 0.325 e. The van der Waals surface area contributed by atoms with Crippen LogP contribution in [-0.4, -0.2) is 31.4 Å². The molecule has 1 aliphatic carbocycles. The van der Waals surface area contributed by atoms with Crippen LogP contribution >= 0.6 is 0 Å². The van der Waals surface area contributed by atoms with Crippen LogP contribution in [0.4, 0.5) is 0 Å². The molecule has 128 valence electrons. The summed E-state index contributed by atoms with van der Waals surface area (Å²) in [5, 5.41) is 9.66. The molecule has 0 heterocycles. The number of aliphatic carboxylic acids is 1. The van der Waals surface area contributed by atoms with Gasteiger partial charge in [0.2, 0.25) is 0 Å². The van der Waals surface area contributed by atoms with Crippen molar-refractivity contribution < 1.29 is 23.1 Å². The molecule has 1 N–H and O–H groups in total. The van der Waals surface area contributed by atoms with Gasteiger partial charge in [0.25, 0.3) is 0 Å². The Balaban J connectivity index is 2.34. The molecule has 6 heteroatoms. The van der Waals surface area contributed by atoms with Gasteiger partial charge >= 0.3 is 5.97 Å². The van der Waals surface area contributed by atoms with Gasteiger partial charge in [0.15, 0.2) is 14.6 Å². The minimum Gasteiger partial charge on any atom is -0.497 e. The van der Waals surface area contributed by atoms with E-state index in [0.29, 0.717) is 5.75 Å². The molecule has 0 spiro atoms. The SMILES string of the molecule is COc1ccc(S(=O)(=O)C(C)(CC2CCCCC2)C(=O)O)cc1. The molecule has 1 aromatic carbocycles.